The van der Waals surface area contributed by atoms with Gasteiger partial charge in [0.05, 0.1) is 17.7 Å². The second-order valence-electron chi connectivity index (χ2n) is 6.41. The highest BCUT2D eigenvalue weighted by Gasteiger charge is 2.34. The quantitative estimate of drug-likeness (QED) is 0.705. The minimum absolute atomic E-state index is 0.0629. The van der Waals surface area contributed by atoms with Crippen LogP contribution in [-0.4, -0.2) is 22.6 Å². The maximum atomic E-state index is 13.3. The molecule has 0 aromatic heterocycles. The molecule has 3 aromatic carbocycles. The van der Waals surface area contributed by atoms with Crippen molar-refractivity contribution in [3.8, 4) is 0 Å². The van der Waals surface area contributed by atoms with Crippen molar-refractivity contribution < 1.29 is 18.8 Å². The molecular weight excluding hydrogens is 359 g/mol. The molecule has 1 N–H and O–H groups in total. The molecule has 138 valence electrons. The van der Waals surface area contributed by atoms with Crippen LogP contribution in [0.15, 0.2) is 72.8 Å². The molecule has 0 saturated carbocycles. The number of rotatable bonds is 4. The summed E-state index contributed by atoms with van der Waals surface area (Å²) < 4.78 is 13.3. The minimum Gasteiger partial charge on any atom is -0.322 e. The fourth-order valence-corrected chi connectivity index (χ4v) is 3.15. The van der Waals surface area contributed by atoms with Crippen LogP contribution in [0.5, 0.6) is 0 Å². The van der Waals surface area contributed by atoms with Gasteiger partial charge < -0.3 is 5.32 Å². The average molecular weight is 374 g/mol. The number of anilines is 1. The number of imide groups is 1. The minimum atomic E-state index is -0.447. The summed E-state index contributed by atoms with van der Waals surface area (Å²) in [4.78, 5) is 38.6. The molecule has 0 atom stereocenters. The Bertz CT molecular complexity index is 1080. The zero-order valence-corrected chi connectivity index (χ0v) is 14.7. The molecule has 28 heavy (non-hydrogen) atoms. The molecule has 6 heteroatoms. The van der Waals surface area contributed by atoms with E-state index in [0.717, 1.165) is 4.90 Å². The fraction of sp³-hybridized carbons (Fsp3) is 0.0455. The van der Waals surface area contributed by atoms with Gasteiger partial charge in [0.2, 0.25) is 0 Å². The first-order chi connectivity index (χ1) is 13.5. The summed E-state index contributed by atoms with van der Waals surface area (Å²) >= 11 is 0. The lowest BCUT2D eigenvalue weighted by atomic mass is 10.1. The van der Waals surface area contributed by atoms with Crippen LogP contribution in [0.1, 0.15) is 36.6 Å². The number of nitrogens with one attached hydrogen (secondary N) is 1. The molecule has 0 radical (unpaired) electrons. The monoisotopic (exact) mass is 374 g/mol. The smallest absolute Gasteiger partial charge is 0.261 e. The third-order valence-corrected chi connectivity index (χ3v) is 4.49. The Balaban J connectivity index is 1.52. The molecular formula is C22H15FN2O3. The molecule has 1 aliphatic heterocycles. The Labute approximate surface area is 160 Å². The first kappa shape index (κ1) is 17.6. The molecule has 0 aliphatic carbocycles. The van der Waals surface area contributed by atoms with Gasteiger partial charge in [-0.05, 0) is 48.0 Å². The van der Waals surface area contributed by atoms with Crippen molar-refractivity contribution in [2.45, 2.75) is 6.54 Å². The summed E-state index contributed by atoms with van der Waals surface area (Å²) in [5.74, 6) is -1.56. The number of carbonyl (C=O) groups excluding carboxylic acids is 3. The Kier molecular flexibility index (Phi) is 4.45. The van der Waals surface area contributed by atoms with Crippen molar-refractivity contribution in [1.29, 1.82) is 0 Å². The van der Waals surface area contributed by atoms with Gasteiger partial charge in [0.25, 0.3) is 17.7 Å². The number of amides is 3. The van der Waals surface area contributed by atoms with Crippen LogP contribution in [-0.2, 0) is 6.54 Å². The molecule has 0 spiro atoms. The summed E-state index contributed by atoms with van der Waals surface area (Å²) in [6, 6.07) is 18.9. The van der Waals surface area contributed by atoms with E-state index in [1.54, 1.807) is 54.6 Å². The Morgan fingerprint density at radius 2 is 1.54 bits per heavy atom. The number of benzene rings is 3. The Morgan fingerprint density at radius 3 is 2.21 bits per heavy atom. The van der Waals surface area contributed by atoms with E-state index in [1.807, 2.05) is 0 Å². The number of nitrogens with zero attached hydrogens (tertiary/aromatic N) is 1. The highest BCUT2D eigenvalue weighted by molar-refractivity contribution is 6.21. The van der Waals surface area contributed by atoms with Gasteiger partial charge >= 0.3 is 0 Å². The number of fused-ring (bicyclic) bond motifs is 1. The van der Waals surface area contributed by atoms with Crippen LogP contribution in [0.25, 0.3) is 0 Å². The SMILES string of the molecule is O=C(Nc1cccc(F)c1)c1cccc(CN2C(=O)c3ccccc3C2=O)c1. The number of halogens is 1. The molecule has 1 aliphatic rings. The zero-order valence-electron chi connectivity index (χ0n) is 14.7. The molecule has 5 nitrogen and oxygen atoms in total. The summed E-state index contributed by atoms with van der Waals surface area (Å²) in [6.07, 6.45) is 0. The molecule has 3 amide bonds. The second kappa shape index (κ2) is 7.08. The summed E-state index contributed by atoms with van der Waals surface area (Å²) in [5.41, 5.74) is 2.09. The van der Waals surface area contributed by atoms with Gasteiger partial charge in [-0.2, -0.15) is 0 Å². The third kappa shape index (κ3) is 3.27. The summed E-state index contributed by atoms with van der Waals surface area (Å²) in [5, 5.41) is 2.63. The lowest BCUT2D eigenvalue weighted by Crippen LogP contribution is -2.29. The summed E-state index contributed by atoms with van der Waals surface area (Å²) in [6.45, 7) is 0.0629. The topological polar surface area (TPSA) is 66.5 Å². The molecule has 0 fully saturated rings. The standard InChI is InChI=1S/C22H15FN2O3/c23-16-7-4-8-17(12-16)24-20(26)15-6-3-5-14(11-15)13-25-21(27)18-9-1-2-10-19(18)22(25)28/h1-12H,13H2,(H,24,26). The van der Waals surface area contributed by atoms with E-state index in [1.165, 1.54) is 18.2 Å². The van der Waals surface area contributed by atoms with Crippen LogP contribution in [0.4, 0.5) is 10.1 Å². The van der Waals surface area contributed by atoms with Gasteiger partial charge in [-0.1, -0.05) is 30.3 Å². The number of carbonyl (C=O) groups is 3. The molecule has 4 rings (SSSR count). The Hall–Kier alpha value is -3.80. The van der Waals surface area contributed by atoms with Crippen LogP contribution >= 0.6 is 0 Å². The first-order valence-electron chi connectivity index (χ1n) is 8.64. The van der Waals surface area contributed by atoms with Crippen molar-refractivity contribution in [2.24, 2.45) is 0 Å². The van der Waals surface area contributed by atoms with E-state index in [9.17, 15) is 18.8 Å². The molecule has 0 bridgehead atoms. The molecule has 3 aromatic rings. The van der Waals surface area contributed by atoms with Gasteiger partial charge in [-0.3, -0.25) is 19.3 Å². The van der Waals surface area contributed by atoms with Crippen molar-refractivity contribution in [3.05, 3.63) is 101 Å². The van der Waals surface area contributed by atoms with Crippen LogP contribution in [0.2, 0.25) is 0 Å². The van der Waals surface area contributed by atoms with E-state index >= 15 is 0 Å². The highest BCUT2D eigenvalue weighted by atomic mass is 19.1. The van der Waals surface area contributed by atoms with Crippen LogP contribution < -0.4 is 5.32 Å². The van der Waals surface area contributed by atoms with Gasteiger partial charge in [0, 0.05) is 11.3 Å². The van der Waals surface area contributed by atoms with Crippen LogP contribution in [0.3, 0.4) is 0 Å². The lowest BCUT2D eigenvalue weighted by molar-refractivity contribution is 0.0642. The molecule has 1 heterocycles. The normalized spacial score (nSPS) is 12.8. The van der Waals surface area contributed by atoms with Crippen molar-refractivity contribution in [2.75, 3.05) is 5.32 Å². The second-order valence-corrected chi connectivity index (χ2v) is 6.41. The first-order valence-corrected chi connectivity index (χ1v) is 8.64. The largest absolute Gasteiger partial charge is 0.322 e. The van der Waals surface area contributed by atoms with E-state index in [-0.39, 0.29) is 18.4 Å². The van der Waals surface area contributed by atoms with E-state index < -0.39 is 11.7 Å². The lowest BCUT2D eigenvalue weighted by Gasteiger charge is -2.14. The zero-order chi connectivity index (χ0) is 19.7. The van der Waals surface area contributed by atoms with E-state index in [2.05, 4.69) is 5.32 Å². The van der Waals surface area contributed by atoms with Gasteiger partial charge in [-0.25, -0.2) is 4.39 Å². The van der Waals surface area contributed by atoms with Crippen molar-refractivity contribution in [1.82, 2.24) is 4.90 Å². The fourth-order valence-electron chi connectivity index (χ4n) is 3.15. The van der Waals surface area contributed by atoms with Gasteiger partial charge in [0.15, 0.2) is 0 Å². The summed E-state index contributed by atoms with van der Waals surface area (Å²) in [7, 11) is 0. The van der Waals surface area contributed by atoms with Crippen LogP contribution in [0, 0.1) is 5.82 Å². The van der Waals surface area contributed by atoms with Gasteiger partial charge in [0.1, 0.15) is 5.82 Å². The molecule has 0 saturated heterocycles. The average Bonchev–Trinajstić information content (AvgIpc) is 2.93. The van der Waals surface area contributed by atoms with E-state index in [4.69, 9.17) is 0 Å². The Morgan fingerprint density at radius 1 is 0.857 bits per heavy atom. The van der Waals surface area contributed by atoms with E-state index in [0.29, 0.717) is 27.9 Å². The van der Waals surface area contributed by atoms with Crippen molar-refractivity contribution in [3.63, 3.8) is 0 Å². The van der Waals surface area contributed by atoms with Gasteiger partial charge in [-0.15, -0.1) is 0 Å². The molecule has 0 unspecified atom stereocenters. The third-order valence-electron chi connectivity index (χ3n) is 4.49. The maximum Gasteiger partial charge on any atom is 0.261 e. The number of hydrogen-bond donors (Lipinski definition) is 1. The van der Waals surface area contributed by atoms with Crippen molar-refractivity contribution >= 4 is 23.4 Å². The predicted octanol–water partition coefficient (Wildman–Crippen LogP) is 3.87. The predicted molar refractivity (Wildman–Crippen MR) is 101 cm³/mol. The highest BCUT2D eigenvalue weighted by Crippen LogP contribution is 2.24. The number of hydrogen-bond acceptors (Lipinski definition) is 3. The maximum absolute atomic E-state index is 13.3.